The van der Waals surface area contributed by atoms with Crippen LogP contribution in [0.15, 0.2) is 60.9 Å². The Morgan fingerprint density at radius 3 is 2.70 bits per heavy atom. The first-order valence-electron chi connectivity index (χ1n) is 8.31. The molecule has 0 spiro atoms. The fraction of sp³-hybridized carbons (Fsp3) is 0.0952. The van der Waals surface area contributed by atoms with Gasteiger partial charge in [0.2, 0.25) is 0 Å². The van der Waals surface area contributed by atoms with Gasteiger partial charge in [-0.15, -0.1) is 0 Å². The topological polar surface area (TPSA) is 30.7 Å². The zero-order valence-corrected chi connectivity index (χ0v) is 14.1. The van der Waals surface area contributed by atoms with Crippen LogP contribution >= 0.6 is 0 Å². The van der Waals surface area contributed by atoms with E-state index in [9.17, 15) is 13.2 Å². The van der Waals surface area contributed by atoms with Crippen molar-refractivity contribution in [2.24, 2.45) is 0 Å². The average Bonchev–Trinajstić information content (AvgIpc) is 3.05. The molecule has 0 aliphatic carbocycles. The minimum Gasteiger partial charge on any atom is -0.319 e. The Hall–Kier alpha value is -3.37. The Morgan fingerprint density at radius 2 is 1.93 bits per heavy atom. The van der Waals surface area contributed by atoms with Crippen molar-refractivity contribution in [3.8, 4) is 11.4 Å². The number of hydrogen-bond acceptors (Lipinski definition) is 2. The van der Waals surface area contributed by atoms with Crippen molar-refractivity contribution in [3.63, 3.8) is 0 Å². The normalized spacial score (nSPS) is 12.9. The maximum Gasteiger partial charge on any atom is 0.417 e. The van der Waals surface area contributed by atoms with Crippen LogP contribution in [0.25, 0.3) is 29.3 Å². The van der Waals surface area contributed by atoms with Gasteiger partial charge in [-0.3, -0.25) is 4.98 Å². The lowest BCUT2D eigenvalue weighted by Crippen LogP contribution is -2.30. The molecule has 4 rings (SSSR count). The third kappa shape index (κ3) is 3.35. The number of halogens is 3. The number of aromatic nitrogens is 3. The Kier molecular flexibility index (Phi) is 4.26. The Labute approximate surface area is 153 Å². The molecule has 0 N–H and O–H groups in total. The minimum absolute atomic E-state index is 0.0392. The molecule has 1 aliphatic rings. The van der Waals surface area contributed by atoms with E-state index in [1.807, 2.05) is 48.6 Å². The van der Waals surface area contributed by atoms with Crippen LogP contribution in [0.3, 0.4) is 0 Å². The summed E-state index contributed by atoms with van der Waals surface area (Å²) in [7, 11) is 0. The van der Waals surface area contributed by atoms with E-state index in [2.05, 4.69) is 15.7 Å². The molecular formula is C21H14F3N3. The standard InChI is InChI=1S/C21H14F3N3/c22-21(23,24)17-11-12-25-14-16(17)20-26-18(19-8-4-5-13-27(19)20)10-9-15-6-2-1-3-7-15/h1-9,11-12,14H,13H2. The van der Waals surface area contributed by atoms with Gasteiger partial charge in [0.05, 0.1) is 10.9 Å². The lowest BCUT2D eigenvalue weighted by Gasteiger charge is -2.13. The maximum absolute atomic E-state index is 13.4. The number of benzene rings is 1. The molecule has 3 heterocycles. The van der Waals surface area contributed by atoms with Gasteiger partial charge >= 0.3 is 6.18 Å². The van der Waals surface area contributed by atoms with Crippen LogP contribution in [0.4, 0.5) is 13.2 Å². The lowest BCUT2D eigenvalue weighted by atomic mass is 10.1. The molecule has 0 amide bonds. The molecule has 0 atom stereocenters. The average molecular weight is 365 g/mol. The second kappa shape index (κ2) is 6.74. The maximum atomic E-state index is 13.4. The quantitative estimate of drug-likeness (QED) is 0.697. The van der Waals surface area contributed by atoms with Crippen molar-refractivity contribution in [1.82, 2.24) is 14.5 Å². The number of nitrogens with zero attached hydrogens (tertiary/aromatic N) is 3. The van der Waals surface area contributed by atoms with Gasteiger partial charge in [0.25, 0.3) is 0 Å². The molecular weight excluding hydrogens is 351 g/mol. The summed E-state index contributed by atoms with van der Waals surface area (Å²) in [4.78, 5) is 8.34. The molecule has 0 radical (unpaired) electrons. The van der Waals surface area contributed by atoms with E-state index >= 15 is 0 Å². The molecule has 0 bridgehead atoms. The first-order chi connectivity index (χ1) is 13.0. The first kappa shape index (κ1) is 17.1. The molecule has 0 saturated heterocycles. The minimum atomic E-state index is -4.48. The Bertz CT molecular complexity index is 1170. The van der Waals surface area contributed by atoms with Crippen LogP contribution in [0.5, 0.6) is 0 Å². The van der Waals surface area contributed by atoms with Crippen molar-refractivity contribution < 1.29 is 13.2 Å². The van der Waals surface area contributed by atoms with Crippen LogP contribution in [0.1, 0.15) is 11.1 Å². The van der Waals surface area contributed by atoms with Crippen LogP contribution in [0.2, 0.25) is 0 Å². The third-order valence-electron chi connectivity index (χ3n) is 4.23. The summed E-state index contributed by atoms with van der Waals surface area (Å²) in [5.74, 6) is 0.231. The van der Waals surface area contributed by atoms with Gasteiger partial charge in [-0.25, -0.2) is 4.98 Å². The number of imidazole rings is 1. The summed E-state index contributed by atoms with van der Waals surface area (Å²) in [5.41, 5.74) is 3.26. The summed E-state index contributed by atoms with van der Waals surface area (Å²) in [6.07, 6.45) is 5.19. The molecule has 1 aliphatic heterocycles. The highest BCUT2D eigenvalue weighted by molar-refractivity contribution is 5.63. The van der Waals surface area contributed by atoms with Crippen molar-refractivity contribution in [1.29, 1.82) is 0 Å². The number of pyridine rings is 1. The molecule has 27 heavy (non-hydrogen) atoms. The summed E-state index contributed by atoms with van der Waals surface area (Å²) in [6, 6.07) is 10.5. The summed E-state index contributed by atoms with van der Waals surface area (Å²) >= 11 is 0. The zero-order valence-electron chi connectivity index (χ0n) is 14.1. The predicted molar refractivity (Wildman–Crippen MR) is 97.6 cm³/mol. The van der Waals surface area contributed by atoms with Crippen LogP contribution < -0.4 is 10.7 Å². The highest BCUT2D eigenvalue weighted by Crippen LogP contribution is 2.35. The van der Waals surface area contributed by atoms with Crippen LogP contribution in [-0.4, -0.2) is 14.5 Å². The molecule has 0 fully saturated rings. The van der Waals surface area contributed by atoms with Crippen molar-refractivity contribution in [2.75, 3.05) is 0 Å². The molecule has 3 aromatic rings. The highest BCUT2D eigenvalue weighted by Gasteiger charge is 2.35. The third-order valence-corrected chi connectivity index (χ3v) is 4.23. The van der Waals surface area contributed by atoms with E-state index in [1.165, 1.54) is 6.20 Å². The first-order valence-corrected chi connectivity index (χ1v) is 8.31. The predicted octanol–water partition coefficient (Wildman–Crippen LogP) is 3.41. The summed E-state index contributed by atoms with van der Waals surface area (Å²) in [6.45, 7) is 0.438. The molecule has 3 nitrogen and oxygen atoms in total. The van der Waals surface area contributed by atoms with Crippen molar-refractivity contribution in [3.05, 3.63) is 82.8 Å². The van der Waals surface area contributed by atoms with Gasteiger partial charge in [0.1, 0.15) is 11.2 Å². The smallest absolute Gasteiger partial charge is 0.319 e. The fourth-order valence-corrected chi connectivity index (χ4v) is 2.98. The van der Waals surface area contributed by atoms with Crippen molar-refractivity contribution >= 4 is 17.9 Å². The largest absolute Gasteiger partial charge is 0.417 e. The van der Waals surface area contributed by atoms with Gasteiger partial charge in [-0.2, -0.15) is 13.2 Å². The molecule has 6 heteroatoms. The van der Waals surface area contributed by atoms with Gasteiger partial charge in [0, 0.05) is 24.5 Å². The van der Waals surface area contributed by atoms with E-state index in [0.29, 0.717) is 11.9 Å². The number of rotatable bonds is 2. The number of alkyl halides is 3. The Morgan fingerprint density at radius 1 is 1.11 bits per heavy atom. The number of hydrogen-bond donors (Lipinski definition) is 0. The van der Waals surface area contributed by atoms with E-state index in [-0.39, 0.29) is 11.4 Å². The summed E-state index contributed by atoms with van der Waals surface area (Å²) < 4.78 is 42.0. The van der Waals surface area contributed by atoms with Crippen molar-refractivity contribution in [2.45, 2.75) is 12.7 Å². The van der Waals surface area contributed by atoms with E-state index in [0.717, 1.165) is 23.2 Å². The van der Waals surface area contributed by atoms with Gasteiger partial charge in [-0.05, 0) is 23.8 Å². The second-order valence-electron chi connectivity index (χ2n) is 5.99. The SMILES string of the molecule is FC(F)(F)c1ccncc1-c1nc(=C=Cc2ccccc2)c2n1CC=CC=2. The molecule has 1 aromatic carbocycles. The molecule has 134 valence electrons. The fourth-order valence-electron chi connectivity index (χ4n) is 2.98. The van der Waals surface area contributed by atoms with Gasteiger partial charge in [-0.1, -0.05) is 48.2 Å². The highest BCUT2D eigenvalue weighted by atomic mass is 19.4. The Balaban J connectivity index is 1.97. The van der Waals surface area contributed by atoms with E-state index in [1.54, 1.807) is 10.6 Å². The van der Waals surface area contributed by atoms with Gasteiger partial charge < -0.3 is 4.57 Å². The second-order valence-corrected chi connectivity index (χ2v) is 5.99. The van der Waals surface area contributed by atoms with Crippen LogP contribution in [-0.2, 0) is 12.7 Å². The van der Waals surface area contributed by atoms with Gasteiger partial charge in [0.15, 0.2) is 0 Å². The van der Waals surface area contributed by atoms with E-state index in [4.69, 9.17) is 0 Å². The molecule has 0 saturated carbocycles. The molecule has 0 unspecified atom stereocenters. The number of allylic oxidation sites excluding steroid dienone is 2. The summed E-state index contributed by atoms with van der Waals surface area (Å²) in [5, 5.41) is 1.21. The molecule has 2 aromatic heterocycles. The zero-order chi connectivity index (χ0) is 18.9. The van der Waals surface area contributed by atoms with Crippen LogP contribution in [0, 0.1) is 0 Å². The van der Waals surface area contributed by atoms with E-state index < -0.39 is 11.7 Å². The monoisotopic (exact) mass is 365 g/mol. The number of fused-ring (bicyclic) bond motifs is 1. The lowest BCUT2D eigenvalue weighted by molar-refractivity contribution is -0.137.